The van der Waals surface area contributed by atoms with E-state index >= 15 is 0 Å². The summed E-state index contributed by atoms with van der Waals surface area (Å²) in [6.07, 6.45) is 15.0. The summed E-state index contributed by atoms with van der Waals surface area (Å²) in [6.45, 7) is 5.46. The summed E-state index contributed by atoms with van der Waals surface area (Å²) in [7, 11) is 0. The Bertz CT molecular complexity index is 306. The second-order valence-corrected chi connectivity index (χ2v) is 8.70. The fraction of sp³-hybridized carbons (Fsp3) is 1.00. The predicted molar refractivity (Wildman–Crippen MR) is 88.4 cm³/mol. The van der Waals surface area contributed by atoms with Crippen LogP contribution in [0.25, 0.3) is 0 Å². The third-order valence-corrected chi connectivity index (χ3v) is 6.36. The molecule has 4 rings (SSSR count). The van der Waals surface area contributed by atoms with Crippen LogP contribution in [0.1, 0.15) is 64.2 Å². The molecule has 0 spiro atoms. The molecule has 120 valence electrons. The van der Waals surface area contributed by atoms with Crippen LogP contribution in [0.4, 0.5) is 0 Å². The Morgan fingerprint density at radius 3 is 2.24 bits per heavy atom. The first kappa shape index (κ1) is 14.5. The van der Waals surface area contributed by atoms with E-state index in [1.807, 2.05) is 0 Å². The molecule has 0 aromatic rings. The SMILES string of the molecule is C1CCC(CNC2CC(CC3CC3)CN(CC3CC3)C2)C1. The van der Waals surface area contributed by atoms with Crippen LogP contribution >= 0.6 is 0 Å². The largest absolute Gasteiger partial charge is 0.312 e. The zero-order valence-corrected chi connectivity index (χ0v) is 13.7. The maximum atomic E-state index is 3.97. The lowest BCUT2D eigenvalue weighted by Gasteiger charge is -2.39. The quantitative estimate of drug-likeness (QED) is 0.769. The van der Waals surface area contributed by atoms with E-state index in [1.54, 1.807) is 0 Å². The van der Waals surface area contributed by atoms with Crippen molar-refractivity contribution in [2.24, 2.45) is 23.7 Å². The second-order valence-electron chi connectivity index (χ2n) is 8.70. The molecule has 1 saturated heterocycles. The average molecular weight is 290 g/mol. The predicted octanol–water partition coefficient (Wildman–Crippen LogP) is 3.67. The first-order valence-corrected chi connectivity index (χ1v) is 9.81. The first-order valence-electron chi connectivity index (χ1n) is 9.81. The van der Waals surface area contributed by atoms with Crippen LogP contribution in [0, 0.1) is 23.7 Å². The molecule has 3 aliphatic carbocycles. The number of hydrogen-bond acceptors (Lipinski definition) is 2. The lowest BCUT2D eigenvalue weighted by Crippen LogP contribution is -2.50. The molecule has 21 heavy (non-hydrogen) atoms. The third kappa shape index (κ3) is 4.45. The van der Waals surface area contributed by atoms with Gasteiger partial charge in [0, 0.05) is 25.7 Å². The molecule has 1 aliphatic heterocycles. The highest BCUT2D eigenvalue weighted by Crippen LogP contribution is 2.38. The van der Waals surface area contributed by atoms with Crippen molar-refractivity contribution in [1.82, 2.24) is 10.2 Å². The highest BCUT2D eigenvalue weighted by atomic mass is 15.2. The van der Waals surface area contributed by atoms with Gasteiger partial charge in [0.05, 0.1) is 0 Å². The van der Waals surface area contributed by atoms with E-state index in [2.05, 4.69) is 10.2 Å². The molecule has 1 N–H and O–H groups in total. The molecule has 0 amide bonds. The van der Waals surface area contributed by atoms with Crippen LogP contribution in [0.2, 0.25) is 0 Å². The fourth-order valence-corrected chi connectivity index (χ4v) is 4.81. The summed E-state index contributed by atoms with van der Waals surface area (Å²) in [5, 5.41) is 3.97. The monoisotopic (exact) mass is 290 g/mol. The van der Waals surface area contributed by atoms with Gasteiger partial charge in [-0.2, -0.15) is 0 Å². The van der Waals surface area contributed by atoms with Crippen LogP contribution < -0.4 is 5.32 Å². The molecule has 0 bridgehead atoms. The minimum Gasteiger partial charge on any atom is -0.312 e. The van der Waals surface area contributed by atoms with Crippen LogP contribution in [-0.2, 0) is 0 Å². The van der Waals surface area contributed by atoms with Gasteiger partial charge in [0.25, 0.3) is 0 Å². The summed E-state index contributed by atoms with van der Waals surface area (Å²) >= 11 is 0. The minimum absolute atomic E-state index is 0.793. The van der Waals surface area contributed by atoms with Gasteiger partial charge in [0.2, 0.25) is 0 Å². The lowest BCUT2D eigenvalue weighted by atomic mass is 9.89. The van der Waals surface area contributed by atoms with Gasteiger partial charge in [0.15, 0.2) is 0 Å². The second kappa shape index (κ2) is 6.58. The van der Waals surface area contributed by atoms with E-state index in [-0.39, 0.29) is 0 Å². The zero-order valence-electron chi connectivity index (χ0n) is 13.7. The van der Waals surface area contributed by atoms with E-state index in [0.717, 1.165) is 29.7 Å². The van der Waals surface area contributed by atoms with Crippen LogP contribution in [0.5, 0.6) is 0 Å². The molecule has 4 fully saturated rings. The lowest BCUT2D eigenvalue weighted by molar-refractivity contribution is 0.126. The molecule has 2 unspecified atom stereocenters. The van der Waals surface area contributed by atoms with Gasteiger partial charge in [0.1, 0.15) is 0 Å². The highest BCUT2D eigenvalue weighted by Gasteiger charge is 2.34. The molecule has 0 radical (unpaired) electrons. The molecule has 2 heteroatoms. The topological polar surface area (TPSA) is 15.3 Å². The van der Waals surface area contributed by atoms with Crippen molar-refractivity contribution in [3.05, 3.63) is 0 Å². The number of piperidine rings is 1. The van der Waals surface area contributed by atoms with Crippen molar-refractivity contribution in [3.8, 4) is 0 Å². The number of hydrogen-bond donors (Lipinski definition) is 1. The van der Waals surface area contributed by atoms with Gasteiger partial charge in [-0.25, -0.2) is 0 Å². The summed E-state index contributed by atoms with van der Waals surface area (Å²) in [5.41, 5.74) is 0. The fourth-order valence-electron chi connectivity index (χ4n) is 4.81. The smallest absolute Gasteiger partial charge is 0.0198 e. The van der Waals surface area contributed by atoms with Gasteiger partial charge < -0.3 is 10.2 Å². The Kier molecular flexibility index (Phi) is 4.55. The van der Waals surface area contributed by atoms with Crippen LogP contribution in [-0.4, -0.2) is 37.1 Å². The summed E-state index contributed by atoms with van der Waals surface area (Å²) in [5.74, 6) is 4.14. The van der Waals surface area contributed by atoms with Crippen molar-refractivity contribution in [3.63, 3.8) is 0 Å². The number of nitrogens with one attached hydrogen (secondary N) is 1. The van der Waals surface area contributed by atoms with E-state index < -0.39 is 0 Å². The molecule has 0 aromatic heterocycles. The van der Waals surface area contributed by atoms with Crippen molar-refractivity contribution in [2.45, 2.75) is 70.3 Å². The molecular formula is C19H34N2. The molecule has 2 nitrogen and oxygen atoms in total. The van der Waals surface area contributed by atoms with E-state index in [0.29, 0.717) is 0 Å². The Morgan fingerprint density at radius 1 is 0.762 bits per heavy atom. The van der Waals surface area contributed by atoms with Crippen molar-refractivity contribution in [2.75, 3.05) is 26.2 Å². The number of nitrogens with zero attached hydrogens (tertiary/aromatic N) is 1. The Morgan fingerprint density at radius 2 is 1.52 bits per heavy atom. The van der Waals surface area contributed by atoms with Gasteiger partial charge >= 0.3 is 0 Å². The maximum absolute atomic E-state index is 3.97. The molecule has 4 aliphatic rings. The van der Waals surface area contributed by atoms with Crippen molar-refractivity contribution in [1.29, 1.82) is 0 Å². The van der Waals surface area contributed by atoms with Crippen LogP contribution in [0.15, 0.2) is 0 Å². The van der Waals surface area contributed by atoms with E-state index in [4.69, 9.17) is 0 Å². The number of likely N-dealkylation sites (tertiary alicyclic amines) is 1. The summed E-state index contributed by atoms with van der Waals surface area (Å²) < 4.78 is 0. The minimum atomic E-state index is 0.793. The Labute approximate surface area is 131 Å². The molecule has 0 aromatic carbocycles. The summed E-state index contributed by atoms with van der Waals surface area (Å²) in [4.78, 5) is 2.82. The van der Waals surface area contributed by atoms with Gasteiger partial charge in [-0.05, 0) is 68.7 Å². The summed E-state index contributed by atoms with van der Waals surface area (Å²) in [6, 6.07) is 0.793. The van der Waals surface area contributed by atoms with Gasteiger partial charge in [-0.1, -0.05) is 25.7 Å². The molecule has 1 heterocycles. The molecule has 3 saturated carbocycles. The van der Waals surface area contributed by atoms with Crippen molar-refractivity contribution >= 4 is 0 Å². The maximum Gasteiger partial charge on any atom is 0.0198 e. The molecular weight excluding hydrogens is 256 g/mol. The first-order chi connectivity index (χ1) is 10.3. The standard InChI is InChI=1S/C19H34N2/c1-2-4-16(3-1)11-20-19-10-18(9-15-5-6-15)13-21(14-19)12-17-7-8-17/h15-20H,1-14H2. The van der Waals surface area contributed by atoms with Crippen LogP contribution in [0.3, 0.4) is 0 Å². The molecule has 2 atom stereocenters. The highest BCUT2D eigenvalue weighted by molar-refractivity contribution is 4.89. The van der Waals surface area contributed by atoms with Gasteiger partial charge in [-0.15, -0.1) is 0 Å². The Hall–Kier alpha value is -0.0800. The third-order valence-electron chi connectivity index (χ3n) is 6.36. The van der Waals surface area contributed by atoms with Gasteiger partial charge in [-0.3, -0.25) is 0 Å². The number of rotatable bonds is 7. The van der Waals surface area contributed by atoms with Crippen molar-refractivity contribution < 1.29 is 0 Å². The Balaban J connectivity index is 1.27. The van der Waals surface area contributed by atoms with E-state index in [9.17, 15) is 0 Å². The normalized spacial score (nSPS) is 35.4. The average Bonchev–Trinajstić information content (AvgIpc) is 3.39. The van der Waals surface area contributed by atoms with E-state index in [1.165, 1.54) is 90.4 Å². The zero-order chi connectivity index (χ0) is 14.1.